The first kappa shape index (κ1) is 12.8. The molecule has 1 amide bonds. The van der Waals surface area contributed by atoms with E-state index in [4.69, 9.17) is 0 Å². The third-order valence-corrected chi connectivity index (χ3v) is 2.40. The van der Waals surface area contributed by atoms with Gasteiger partial charge in [-0.2, -0.15) is 0 Å². The molecule has 2 heteroatoms. The van der Waals surface area contributed by atoms with E-state index >= 15 is 0 Å². The molecule has 2 nitrogen and oxygen atoms in total. The Bertz CT molecular complexity index is 375. The molecule has 0 aliphatic heterocycles. The highest BCUT2D eigenvalue weighted by molar-refractivity contribution is 5.96. The maximum atomic E-state index is 12.0. The zero-order valence-corrected chi connectivity index (χ0v) is 10.8. The van der Waals surface area contributed by atoms with Gasteiger partial charge in [-0.25, -0.2) is 0 Å². The van der Waals surface area contributed by atoms with Gasteiger partial charge in [0, 0.05) is 11.6 Å². The summed E-state index contributed by atoms with van der Waals surface area (Å²) < 4.78 is 0. The van der Waals surface area contributed by atoms with Crippen LogP contribution < -0.4 is 5.32 Å². The van der Waals surface area contributed by atoms with E-state index in [0.29, 0.717) is 0 Å². The molecule has 0 bridgehead atoms. The van der Waals surface area contributed by atoms with Crippen LogP contribution in [0.1, 0.15) is 50.5 Å². The third-order valence-electron chi connectivity index (χ3n) is 2.40. The fraction of sp³-hybridized carbons (Fsp3) is 0.500. The summed E-state index contributed by atoms with van der Waals surface area (Å²) in [6.07, 6.45) is 0. The molecule has 0 saturated carbocycles. The fourth-order valence-electron chi connectivity index (χ4n) is 1.68. The van der Waals surface area contributed by atoms with Gasteiger partial charge in [0.25, 0.3) is 5.91 Å². The molecule has 1 aromatic rings. The van der Waals surface area contributed by atoms with Gasteiger partial charge in [-0.05, 0) is 30.9 Å². The van der Waals surface area contributed by atoms with E-state index in [9.17, 15) is 4.79 Å². The highest BCUT2D eigenvalue weighted by Gasteiger charge is 2.21. The molecule has 0 spiro atoms. The Morgan fingerprint density at radius 1 is 1.19 bits per heavy atom. The molecule has 0 aromatic heterocycles. The normalized spacial score (nSPS) is 11.6. The van der Waals surface area contributed by atoms with Gasteiger partial charge in [0.1, 0.15) is 0 Å². The summed E-state index contributed by atoms with van der Waals surface area (Å²) >= 11 is 0. The van der Waals surface area contributed by atoms with Crippen molar-refractivity contribution in [3.8, 4) is 0 Å². The summed E-state index contributed by atoms with van der Waals surface area (Å²) in [6.45, 7) is 10.3. The van der Waals surface area contributed by atoms with Gasteiger partial charge in [-0.3, -0.25) is 4.79 Å². The molecule has 0 saturated heterocycles. The van der Waals surface area contributed by atoms with Crippen molar-refractivity contribution in [3.63, 3.8) is 0 Å². The van der Waals surface area contributed by atoms with Gasteiger partial charge < -0.3 is 5.32 Å². The topological polar surface area (TPSA) is 29.1 Å². The second kappa shape index (κ2) is 4.69. The molecule has 16 heavy (non-hydrogen) atoms. The number of amides is 1. The van der Waals surface area contributed by atoms with Crippen LogP contribution in [0.4, 0.5) is 0 Å². The molecule has 0 atom stereocenters. The van der Waals surface area contributed by atoms with Crippen LogP contribution in [0.5, 0.6) is 0 Å². The maximum absolute atomic E-state index is 12.0. The number of carbonyl (C=O) groups is 1. The van der Waals surface area contributed by atoms with E-state index in [0.717, 1.165) is 11.1 Å². The lowest BCUT2D eigenvalue weighted by Crippen LogP contribution is -2.32. The molecule has 0 aliphatic carbocycles. The zero-order chi connectivity index (χ0) is 12.3. The van der Waals surface area contributed by atoms with Crippen molar-refractivity contribution in [2.75, 3.05) is 0 Å². The number of carbonyl (C=O) groups excluding carboxylic acids is 1. The van der Waals surface area contributed by atoms with Crippen molar-refractivity contribution in [3.05, 3.63) is 35.4 Å². The highest BCUT2D eigenvalue weighted by atomic mass is 16.1. The van der Waals surface area contributed by atoms with Crippen molar-refractivity contribution < 1.29 is 4.79 Å². The molecule has 1 aromatic carbocycles. The van der Waals surface area contributed by atoms with E-state index in [1.807, 2.05) is 38.1 Å². The van der Waals surface area contributed by atoms with E-state index in [1.54, 1.807) is 0 Å². The minimum absolute atomic E-state index is 0.00902. The lowest BCUT2D eigenvalue weighted by molar-refractivity contribution is 0.0941. The molecule has 1 N–H and O–H groups in total. The van der Waals surface area contributed by atoms with Crippen molar-refractivity contribution in [1.29, 1.82) is 0 Å². The van der Waals surface area contributed by atoms with Crippen LogP contribution in [0.3, 0.4) is 0 Å². The zero-order valence-electron chi connectivity index (χ0n) is 10.8. The van der Waals surface area contributed by atoms with Crippen molar-refractivity contribution in [2.45, 2.75) is 46.1 Å². The monoisotopic (exact) mass is 219 g/mol. The minimum Gasteiger partial charge on any atom is -0.350 e. The Hall–Kier alpha value is -1.31. The highest BCUT2D eigenvalue weighted by Crippen LogP contribution is 2.25. The summed E-state index contributed by atoms with van der Waals surface area (Å²) in [5, 5.41) is 2.93. The summed E-state index contributed by atoms with van der Waals surface area (Å²) in [7, 11) is 0. The molecular formula is C14H21NO. The van der Waals surface area contributed by atoms with Gasteiger partial charge in [0.15, 0.2) is 0 Å². The Kier molecular flexibility index (Phi) is 3.74. The first-order valence-electron chi connectivity index (χ1n) is 5.72. The molecule has 0 aliphatic rings. The number of rotatable bonds is 2. The van der Waals surface area contributed by atoms with Gasteiger partial charge in [0.2, 0.25) is 0 Å². The predicted octanol–water partition coefficient (Wildman–Crippen LogP) is 3.12. The molecule has 1 rings (SSSR count). The number of hydrogen-bond acceptors (Lipinski definition) is 1. The lowest BCUT2D eigenvalue weighted by Gasteiger charge is -2.22. The largest absolute Gasteiger partial charge is 0.350 e. The van der Waals surface area contributed by atoms with Crippen LogP contribution in [0, 0.1) is 0 Å². The van der Waals surface area contributed by atoms with Crippen LogP contribution in [0.2, 0.25) is 0 Å². The second-order valence-corrected chi connectivity index (χ2v) is 5.42. The Labute approximate surface area is 98.1 Å². The van der Waals surface area contributed by atoms with E-state index in [-0.39, 0.29) is 17.4 Å². The fourth-order valence-corrected chi connectivity index (χ4v) is 1.68. The maximum Gasteiger partial charge on any atom is 0.251 e. The minimum atomic E-state index is -0.00902. The quantitative estimate of drug-likeness (QED) is 0.813. The molecule has 88 valence electrons. The van der Waals surface area contributed by atoms with E-state index in [1.165, 1.54) is 0 Å². The Morgan fingerprint density at radius 3 is 2.25 bits per heavy atom. The van der Waals surface area contributed by atoms with Crippen LogP contribution in [0.25, 0.3) is 0 Å². The van der Waals surface area contributed by atoms with E-state index < -0.39 is 0 Å². The molecule has 0 unspecified atom stereocenters. The van der Waals surface area contributed by atoms with Crippen molar-refractivity contribution >= 4 is 5.91 Å². The first-order valence-corrected chi connectivity index (χ1v) is 5.72. The van der Waals surface area contributed by atoms with Crippen LogP contribution >= 0.6 is 0 Å². The summed E-state index contributed by atoms with van der Waals surface area (Å²) in [5.41, 5.74) is 1.86. The summed E-state index contributed by atoms with van der Waals surface area (Å²) in [6, 6.07) is 7.96. The smallest absolute Gasteiger partial charge is 0.251 e. The average Bonchev–Trinajstić information content (AvgIpc) is 2.15. The molecular weight excluding hydrogens is 198 g/mol. The molecule has 0 fully saturated rings. The van der Waals surface area contributed by atoms with Crippen molar-refractivity contribution in [1.82, 2.24) is 5.32 Å². The summed E-state index contributed by atoms with van der Waals surface area (Å²) in [4.78, 5) is 12.0. The van der Waals surface area contributed by atoms with Crippen LogP contribution in [-0.2, 0) is 5.41 Å². The number of benzene rings is 1. The van der Waals surface area contributed by atoms with Gasteiger partial charge in [-0.15, -0.1) is 0 Å². The standard InChI is InChI=1S/C14H21NO/c1-10(2)15-13(16)11-8-6-7-9-12(11)14(3,4)5/h6-10H,1-5H3,(H,15,16). The molecule has 0 heterocycles. The SMILES string of the molecule is CC(C)NC(=O)c1ccccc1C(C)(C)C. The number of hydrogen-bond donors (Lipinski definition) is 1. The van der Waals surface area contributed by atoms with Gasteiger partial charge in [-0.1, -0.05) is 39.0 Å². The van der Waals surface area contributed by atoms with Crippen molar-refractivity contribution in [2.24, 2.45) is 0 Å². The third kappa shape index (κ3) is 3.09. The average molecular weight is 219 g/mol. The first-order chi connectivity index (χ1) is 7.32. The Morgan fingerprint density at radius 2 is 1.75 bits per heavy atom. The summed E-state index contributed by atoms with van der Waals surface area (Å²) in [5.74, 6) is 0.0144. The van der Waals surface area contributed by atoms with Gasteiger partial charge in [0.05, 0.1) is 0 Å². The van der Waals surface area contributed by atoms with Crippen LogP contribution in [-0.4, -0.2) is 11.9 Å². The van der Waals surface area contributed by atoms with Crippen LogP contribution in [0.15, 0.2) is 24.3 Å². The predicted molar refractivity (Wildman–Crippen MR) is 67.7 cm³/mol. The lowest BCUT2D eigenvalue weighted by atomic mass is 9.83. The second-order valence-electron chi connectivity index (χ2n) is 5.42. The van der Waals surface area contributed by atoms with Gasteiger partial charge >= 0.3 is 0 Å². The van der Waals surface area contributed by atoms with E-state index in [2.05, 4.69) is 26.1 Å². The molecule has 0 radical (unpaired) electrons. The Balaban J connectivity index is 3.09. The number of nitrogens with one attached hydrogen (secondary N) is 1.